The number of amides is 1. The van der Waals surface area contributed by atoms with Crippen LogP contribution in [0.5, 0.6) is 0 Å². The van der Waals surface area contributed by atoms with Crippen molar-refractivity contribution in [2.75, 3.05) is 5.32 Å². The third-order valence-corrected chi connectivity index (χ3v) is 3.84. The van der Waals surface area contributed by atoms with E-state index in [2.05, 4.69) is 20.4 Å². The van der Waals surface area contributed by atoms with Crippen LogP contribution in [0, 0.1) is 19.7 Å². The lowest BCUT2D eigenvalue weighted by Gasteiger charge is -2.11. The van der Waals surface area contributed by atoms with Crippen LogP contribution >= 0.6 is 0 Å². The van der Waals surface area contributed by atoms with Crippen LogP contribution in [-0.4, -0.2) is 21.0 Å². The Hall–Kier alpha value is -3.09. The highest BCUT2D eigenvalue weighted by atomic mass is 19.1. The third-order valence-electron chi connectivity index (χ3n) is 3.84. The molecule has 0 saturated heterocycles. The minimum atomic E-state index is -0.401. The Morgan fingerprint density at radius 2 is 1.92 bits per heavy atom. The SMILES string of the molecule is CCCc1nc(-c2c(C)cc(C)nc2NC(=O)c2ccc(F)cc2)no1. The summed E-state index contributed by atoms with van der Waals surface area (Å²) in [6, 6.07) is 7.20. The number of aromatic nitrogens is 3. The molecule has 2 aromatic heterocycles. The van der Waals surface area contributed by atoms with Crippen molar-refractivity contribution >= 4 is 11.7 Å². The molecule has 1 N–H and O–H groups in total. The second kappa shape index (κ2) is 7.43. The number of hydrogen-bond donors (Lipinski definition) is 1. The Kier molecular flexibility index (Phi) is 5.06. The van der Waals surface area contributed by atoms with Crippen molar-refractivity contribution in [2.24, 2.45) is 0 Å². The average molecular weight is 354 g/mol. The van der Waals surface area contributed by atoms with E-state index in [1.54, 1.807) is 0 Å². The molecule has 0 unspecified atom stereocenters. The Bertz CT molecular complexity index is 935. The van der Waals surface area contributed by atoms with E-state index in [1.165, 1.54) is 24.3 Å². The first kappa shape index (κ1) is 17.7. The molecule has 0 aliphatic carbocycles. The van der Waals surface area contributed by atoms with Gasteiger partial charge in [0.2, 0.25) is 11.7 Å². The number of rotatable bonds is 5. The molecule has 1 aromatic carbocycles. The number of carbonyl (C=O) groups excluding carboxylic acids is 1. The van der Waals surface area contributed by atoms with Crippen molar-refractivity contribution < 1.29 is 13.7 Å². The van der Waals surface area contributed by atoms with Gasteiger partial charge in [-0.15, -0.1) is 0 Å². The van der Waals surface area contributed by atoms with Gasteiger partial charge >= 0.3 is 0 Å². The summed E-state index contributed by atoms with van der Waals surface area (Å²) in [6.07, 6.45) is 1.57. The molecule has 0 fully saturated rings. The summed E-state index contributed by atoms with van der Waals surface area (Å²) >= 11 is 0. The highest BCUT2D eigenvalue weighted by Crippen LogP contribution is 2.29. The summed E-state index contributed by atoms with van der Waals surface area (Å²) < 4.78 is 18.3. The molecule has 26 heavy (non-hydrogen) atoms. The number of benzene rings is 1. The molecule has 7 heteroatoms. The molecule has 0 aliphatic heterocycles. The van der Waals surface area contributed by atoms with Gasteiger partial charge in [-0.3, -0.25) is 4.79 Å². The zero-order chi connectivity index (χ0) is 18.7. The molecule has 0 saturated carbocycles. The Labute approximate surface area is 150 Å². The largest absolute Gasteiger partial charge is 0.339 e. The Morgan fingerprint density at radius 3 is 2.62 bits per heavy atom. The van der Waals surface area contributed by atoms with Crippen LogP contribution in [0.1, 0.15) is 40.9 Å². The molecule has 3 aromatic rings. The van der Waals surface area contributed by atoms with E-state index >= 15 is 0 Å². The standard InChI is InChI=1S/C19H19FN4O2/c1-4-5-15-22-18(24-26-15)16-11(2)10-12(3)21-17(16)23-19(25)13-6-8-14(20)9-7-13/h6-10H,4-5H2,1-3H3,(H,21,23,25). The lowest BCUT2D eigenvalue weighted by molar-refractivity contribution is 0.102. The zero-order valence-corrected chi connectivity index (χ0v) is 14.8. The van der Waals surface area contributed by atoms with E-state index in [4.69, 9.17) is 4.52 Å². The molecule has 0 atom stereocenters. The van der Waals surface area contributed by atoms with Crippen LogP contribution in [0.2, 0.25) is 0 Å². The maximum atomic E-state index is 13.1. The molecule has 0 radical (unpaired) electrons. The number of aryl methyl sites for hydroxylation is 3. The summed E-state index contributed by atoms with van der Waals surface area (Å²) in [5.74, 6) is 0.481. The van der Waals surface area contributed by atoms with Crippen molar-refractivity contribution in [3.63, 3.8) is 0 Å². The third kappa shape index (κ3) is 3.77. The Morgan fingerprint density at radius 1 is 1.19 bits per heavy atom. The number of nitrogens with one attached hydrogen (secondary N) is 1. The number of anilines is 1. The molecule has 6 nitrogen and oxygen atoms in total. The fourth-order valence-corrected chi connectivity index (χ4v) is 2.66. The molecule has 134 valence electrons. The van der Waals surface area contributed by atoms with E-state index < -0.39 is 5.82 Å². The van der Waals surface area contributed by atoms with Crippen LogP contribution in [0.15, 0.2) is 34.9 Å². The summed E-state index contributed by atoms with van der Waals surface area (Å²) in [4.78, 5) is 21.3. The van der Waals surface area contributed by atoms with Crippen LogP contribution in [0.25, 0.3) is 11.4 Å². The van der Waals surface area contributed by atoms with Crippen molar-refractivity contribution in [3.05, 3.63) is 58.9 Å². The van der Waals surface area contributed by atoms with E-state index in [0.717, 1.165) is 17.7 Å². The van der Waals surface area contributed by atoms with Crippen molar-refractivity contribution in [1.82, 2.24) is 15.1 Å². The van der Waals surface area contributed by atoms with Crippen LogP contribution in [0.3, 0.4) is 0 Å². The summed E-state index contributed by atoms with van der Waals surface area (Å²) in [7, 11) is 0. The normalized spacial score (nSPS) is 10.8. The van der Waals surface area contributed by atoms with Crippen LogP contribution < -0.4 is 5.32 Å². The van der Waals surface area contributed by atoms with Gasteiger partial charge in [0.05, 0.1) is 5.56 Å². The van der Waals surface area contributed by atoms with Crippen LogP contribution in [-0.2, 0) is 6.42 Å². The molecule has 3 rings (SSSR count). The first-order valence-electron chi connectivity index (χ1n) is 8.36. The second-order valence-electron chi connectivity index (χ2n) is 6.03. The van der Waals surface area contributed by atoms with Gasteiger partial charge in [0.15, 0.2) is 0 Å². The first-order chi connectivity index (χ1) is 12.5. The zero-order valence-electron chi connectivity index (χ0n) is 14.8. The van der Waals surface area contributed by atoms with E-state index in [1.807, 2.05) is 26.8 Å². The smallest absolute Gasteiger partial charge is 0.256 e. The van der Waals surface area contributed by atoms with Gasteiger partial charge in [0.25, 0.3) is 5.91 Å². The van der Waals surface area contributed by atoms with Gasteiger partial charge in [0.1, 0.15) is 11.6 Å². The molecule has 0 aliphatic rings. The predicted octanol–water partition coefficient (Wildman–Crippen LogP) is 4.09. The lowest BCUT2D eigenvalue weighted by Crippen LogP contribution is -2.15. The van der Waals surface area contributed by atoms with E-state index in [-0.39, 0.29) is 5.91 Å². The Balaban J connectivity index is 1.97. The molecule has 0 spiro atoms. The maximum Gasteiger partial charge on any atom is 0.256 e. The molecule has 0 bridgehead atoms. The van der Waals surface area contributed by atoms with Crippen LogP contribution in [0.4, 0.5) is 10.2 Å². The number of carbonyl (C=O) groups is 1. The highest BCUT2D eigenvalue weighted by Gasteiger charge is 2.19. The van der Waals surface area contributed by atoms with Gasteiger partial charge in [-0.05, 0) is 56.2 Å². The summed E-state index contributed by atoms with van der Waals surface area (Å²) in [5, 5.41) is 6.79. The van der Waals surface area contributed by atoms with Crippen molar-refractivity contribution in [1.29, 1.82) is 0 Å². The molecular formula is C19H19FN4O2. The monoisotopic (exact) mass is 354 g/mol. The van der Waals surface area contributed by atoms with Gasteiger partial charge < -0.3 is 9.84 Å². The number of nitrogens with zero attached hydrogens (tertiary/aromatic N) is 3. The summed E-state index contributed by atoms with van der Waals surface area (Å²) in [5.41, 5.74) is 2.56. The minimum Gasteiger partial charge on any atom is -0.339 e. The quantitative estimate of drug-likeness (QED) is 0.746. The minimum absolute atomic E-state index is 0.332. The number of hydrogen-bond acceptors (Lipinski definition) is 5. The van der Waals surface area contributed by atoms with E-state index in [9.17, 15) is 9.18 Å². The van der Waals surface area contributed by atoms with Gasteiger partial charge in [-0.2, -0.15) is 4.98 Å². The summed E-state index contributed by atoms with van der Waals surface area (Å²) in [6.45, 7) is 5.76. The van der Waals surface area contributed by atoms with Gasteiger partial charge in [0, 0.05) is 17.7 Å². The number of halogens is 1. The van der Waals surface area contributed by atoms with Crippen molar-refractivity contribution in [3.8, 4) is 11.4 Å². The molecule has 2 heterocycles. The lowest BCUT2D eigenvalue weighted by atomic mass is 10.1. The number of pyridine rings is 1. The van der Waals surface area contributed by atoms with E-state index in [0.29, 0.717) is 35.1 Å². The maximum absolute atomic E-state index is 13.1. The topological polar surface area (TPSA) is 80.9 Å². The molecular weight excluding hydrogens is 335 g/mol. The fraction of sp³-hybridized carbons (Fsp3) is 0.263. The van der Waals surface area contributed by atoms with Gasteiger partial charge in [-0.25, -0.2) is 9.37 Å². The van der Waals surface area contributed by atoms with Crippen molar-refractivity contribution in [2.45, 2.75) is 33.6 Å². The second-order valence-corrected chi connectivity index (χ2v) is 6.03. The first-order valence-corrected chi connectivity index (χ1v) is 8.36. The van der Waals surface area contributed by atoms with Gasteiger partial charge in [-0.1, -0.05) is 12.1 Å². The average Bonchev–Trinajstić information content (AvgIpc) is 3.03. The fourth-order valence-electron chi connectivity index (χ4n) is 2.66. The predicted molar refractivity (Wildman–Crippen MR) is 95.4 cm³/mol. The molecule has 1 amide bonds. The highest BCUT2D eigenvalue weighted by molar-refractivity contribution is 6.05.